The number of anilines is 2. The number of aromatic nitrogens is 3. The molecular weight excluding hydrogens is 320 g/mol. The molecule has 2 heterocycles. The first-order valence-corrected chi connectivity index (χ1v) is 7.78. The highest BCUT2D eigenvalue weighted by Crippen LogP contribution is 2.26. The highest BCUT2D eigenvalue weighted by atomic mass is 16.5. The largest absolute Gasteiger partial charge is 0.450 e. The van der Waals surface area contributed by atoms with Gasteiger partial charge in [-0.1, -0.05) is 30.3 Å². The van der Waals surface area contributed by atoms with Crippen LogP contribution in [0, 0.1) is 0 Å². The Hall–Kier alpha value is -3.42. The number of hydrogen-bond donors (Lipinski definition) is 2. The standard InChI is InChI=1S/C17H18N6O2/c1-3-25-17(24)22-14-9-13(15-16(21-14)19-11-18-15)23(2)20-10-12-7-5-4-6-8-12/h4-11H,3H2,1-2H3,(H2,18,19,21,22,24)/b20-10+. The van der Waals surface area contributed by atoms with Gasteiger partial charge in [-0.15, -0.1) is 0 Å². The third kappa shape index (κ3) is 3.92. The molecule has 0 saturated heterocycles. The van der Waals surface area contributed by atoms with Crippen molar-refractivity contribution in [3.63, 3.8) is 0 Å². The van der Waals surface area contributed by atoms with E-state index in [1.54, 1.807) is 30.5 Å². The average Bonchev–Trinajstić information content (AvgIpc) is 3.08. The average molecular weight is 338 g/mol. The van der Waals surface area contributed by atoms with E-state index in [1.807, 2.05) is 37.4 Å². The van der Waals surface area contributed by atoms with E-state index >= 15 is 0 Å². The van der Waals surface area contributed by atoms with Gasteiger partial charge in [-0.25, -0.2) is 14.8 Å². The van der Waals surface area contributed by atoms with E-state index in [-0.39, 0.29) is 6.61 Å². The van der Waals surface area contributed by atoms with Crippen LogP contribution in [0.2, 0.25) is 0 Å². The van der Waals surface area contributed by atoms with Crippen LogP contribution in [-0.2, 0) is 4.74 Å². The van der Waals surface area contributed by atoms with E-state index in [1.165, 1.54) is 0 Å². The van der Waals surface area contributed by atoms with E-state index < -0.39 is 6.09 Å². The summed E-state index contributed by atoms with van der Waals surface area (Å²) in [7, 11) is 1.81. The fraction of sp³-hybridized carbons (Fsp3) is 0.176. The molecule has 1 aromatic carbocycles. The maximum atomic E-state index is 11.6. The highest BCUT2D eigenvalue weighted by molar-refractivity contribution is 5.92. The molecule has 0 atom stereocenters. The van der Waals surface area contributed by atoms with Gasteiger partial charge in [0.1, 0.15) is 11.3 Å². The number of pyridine rings is 1. The van der Waals surface area contributed by atoms with Crippen molar-refractivity contribution in [2.45, 2.75) is 6.92 Å². The second-order valence-electron chi connectivity index (χ2n) is 5.15. The van der Waals surface area contributed by atoms with Gasteiger partial charge in [0, 0.05) is 13.1 Å². The number of hydrogen-bond acceptors (Lipinski definition) is 6. The molecule has 128 valence electrons. The molecule has 3 aromatic rings. The predicted octanol–water partition coefficient (Wildman–Crippen LogP) is 3.00. The Bertz CT molecular complexity index is 891. The molecule has 3 rings (SSSR count). The quantitative estimate of drug-likeness (QED) is 0.551. The van der Waals surface area contributed by atoms with Gasteiger partial charge in [-0.3, -0.25) is 10.3 Å². The number of nitrogens with zero attached hydrogens (tertiary/aromatic N) is 4. The van der Waals surface area contributed by atoms with Crippen LogP contribution in [0.4, 0.5) is 16.3 Å². The molecular formula is C17H18N6O2. The summed E-state index contributed by atoms with van der Waals surface area (Å²) < 4.78 is 4.88. The fourth-order valence-electron chi connectivity index (χ4n) is 2.25. The minimum absolute atomic E-state index is 0.282. The van der Waals surface area contributed by atoms with E-state index in [9.17, 15) is 4.79 Å². The lowest BCUT2D eigenvalue weighted by Gasteiger charge is -2.15. The third-order valence-electron chi connectivity index (χ3n) is 3.41. The molecule has 0 aliphatic rings. The van der Waals surface area contributed by atoms with Crippen molar-refractivity contribution in [3.8, 4) is 0 Å². The van der Waals surface area contributed by atoms with Gasteiger partial charge in [0.05, 0.1) is 24.8 Å². The summed E-state index contributed by atoms with van der Waals surface area (Å²) in [5.41, 5.74) is 2.91. The first-order chi connectivity index (χ1) is 12.2. The number of fused-ring (bicyclic) bond motifs is 1. The maximum absolute atomic E-state index is 11.6. The lowest BCUT2D eigenvalue weighted by Crippen LogP contribution is -2.16. The van der Waals surface area contributed by atoms with Crippen LogP contribution >= 0.6 is 0 Å². The summed E-state index contributed by atoms with van der Waals surface area (Å²) in [6.07, 6.45) is 2.73. The monoisotopic (exact) mass is 338 g/mol. The lowest BCUT2D eigenvalue weighted by molar-refractivity contribution is 0.168. The molecule has 2 aromatic heterocycles. The van der Waals surface area contributed by atoms with Crippen molar-refractivity contribution in [2.75, 3.05) is 24.0 Å². The minimum atomic E-state index is -0.564. The van der Waals surface area contributed by atoms with Crippen LogP contribution in [-0.4, -0.2) is 40.9 Å². The van der Waals surface area contributed by atoms with Crippen LogP contribution in [0.15, 0.2) is 47.8 Å². The number of carbonyl (C=O) groups excluding carboxylic acids is 1. The molecule has 0 saturated carbocycles. The number of hydrazone groups is 1. The zero-order chi connectivity index (χ0) is 17.6. The van der Waals surface area contributed by atoms with E-state index in [2.05, 4.69) is 25.4 Å². The second kappa shape index (κ2) is 7.43. The molecule has 0 aliphatic heterocycles. The molecule has 0 aliphatic carbocycles. The van der Waals surface area contributed by atoms with E-state index in [4.69, 9.17) is 4.74 Å². The smallest absolute Gasteiger partial charge is 0.412 e. The Morgan fingerprint density at radius 2 is 2.20 bits per heavy atom. The van der Waals surface area contributed by atoms with Gasteiger partial charge in [0.2, 0.25) is 0 Å². The van der Waals surface area contributed by atoms with Gasteiger partial charge in [-0.2, -0.15) is 5.10 Å². The second-order valence-corrected chi connectivity index (χ2v) is 5.15. The first kappa shape index (κ1) is 16.4. The summed E-state index contributed by atoms with van der Waals surface area (Å²) in [5.74, 6) is 0.342. The Morgan fingerprint density at radius 3 is 2.96 bits per heavy atom. The number of amides is 1. The van der Waals surface area contributed by atoms with Crippen LogP contribution in [0.1, 0.15) is 12.5 Å². The number of imidazole rings is 1. The van der Waals surface area contributed by atoms with Crippen molar-refractivity contribution in [1.82, 2.24) is 15.0 Å². The van der Waals surface area contributed by atoms with Crippen molar-refractivity contribution >= 4 is 35.0 Å². The number of ether oxygens (including phenoxy) is 1. The molecule has 0 bridgehead atoms. The van der Waals surface area contributed by atoms with Crippen LogP contribution in [0.5, 0.6) is 0 Å². The molecule has 8 nitrogen and oxygen atoms in total. The number of aromatic amines is 1. The Labute approximate surface area is 144 Å². The molecule has 0 spiro atoms. The molecule has 2 N–H and O–H groups in total. The Balaban J connectivity index is 1.89. The molecule has 0 unspecified atom stereocenters. The summed E-state index contributed by atoms with van der Waals surface area (Å²) >= 11 is 0. The number of H-pyrrole nitrogens is 1. The highest BCUT2D eigenvalue weighted by Gasteiger charge is 2.13. The minimum Gasteiger partial charge on any atom is -0.450 e. The zero-order valence-corrected chi connectivity index (χ0v) is 13.9. The van der Waals surface area contributed by atoms with Crippen LogP contribution in [0.3, 0.4) is 0 Å². The summed E-state index contributed by atoms with van der Waals surface area (Å²) in [6, 6.07) is 11.5. The lowest BCUT2D eigenvalue weighted by atomic mass is 10.2. The topological polar surface area (TPSA) is 95.5 Å². The zero-order valence-electron chi connectivity index (χ0n) is 13.9. The first-order valence-electron chi connectivity index (χ1n) is 7.78. The fourth-order valence-corrected chi connectivity index (χ4v) is 2.25. The molecule has 1 amide bonds. The normalized spacial score (nSPS) is 11.0. The number of rotatable bonds is 5. The van der Waals surface area contributed by atoms with Crippen LogP contribution < -0.4 is 10.3 Å². The van der Waals surface area contributed by atoms with Gasteiger partial charge in [-0.05, 0) is 12.5 Å². The molecule has 8 heteroatoms. The summed E-state index contributed by atoms with van der Waals surface area (Å²) in [5, 5.41) is 8.71. The van der Waals surface area contributed by atoms with Crippen molar-refractivity contribution in [3.05, 3.63) is 48.3 Å². The SMILES string of the molecule is CCOC(=O)Nc1cc(N(C)/N=C/c2ccccc2)c2[nH]cnc2n1. The van der Waals surface area contributed by atoms with Gasteiger partial charge in [0.15, 0.2) is 5.65 Å². The molecule has 0 radical (unpaired) electrons. The maximum Gasteiger partial charge on any atom is 0.412 e. The van der Waals surface area contributed by atoms with Gasteiger partial charge in [0.25, 0.3) is 0 Å². The van der Waals surface area contributed by atoms with Crippen molar-refractivity contribution < 1.29 is 9.53 Å². The summed E-state index contributed by atoms with van der Waals surface area (Å²) in [4.78, 5) is 23.1. The third-order valence-corrected chi connectivity index (χ3v) is 3.41. The number of benzene rings is 1. The number of nitrogens with one attached hydrogen (secondary N) is 2. The Morgan fingerprint density at radius 1 is 1.40 bits per heavy atom. The number of carbonyl (C=O) groups is 1. The van der Waals surface area contributed by atoms with E-state index in [0.717, 1.165) is 16.8 Å². The predicted molar refractivity (Wildman–Crippen MR) is 97.0 cm³/mol. The van der Waals surface area contributed by atoms with Gasteiger partial charge < -0.3 is 9.72 Å². The van der Waals surface area contributed by atoms with Crippen LogP contribution in [0.25, 0.3) is 11.2 Å². The Kier molecular flexibility index (Phi) is 4.89. The molecule has 25 heavy (non-hydrogen) atoms. The van der Waals surface area contributed by atoms with Crippen molar-refractivity contribution in [1.29, 1.82) is 0 Å². The van der Waals surface area contributed by atoms with E-state index in [0.29, 0.717) is 11.5 Å². The van der Waals surface area contributed by atoms with Crippen molar-refractivity contribution in [2.24, 2.45) is 5.10 Å². The van der Waals surface area contributed by atoms with Gasteiger partial charge >= 0.3 is 6.09 Å². The summed E-state index contributed by atoms with van der Waals surface area (Å²) in [6.45, 7) is 2.02. The molecule has 0 fully saturated rings.